The molecule has 2 aromatic heterocycles. The predicted octanol–water partition coefficient (Wildman–Crippen LogP) is -0.558. The molecule has 2 N–H and O–H groups in total. The van der Waals surface area contributed by atoms with Gasteiger partial charge in [0.2, 0.25) is 0 Å². The zero-order chi connectivity index (χ0) is 17.6. The van der Waals surface area contributed by atoms with Crippen molar-refractivity contribution in [2.24, 2.45) is 25.7 Å². The van der Waals surface area contributed by atoms with E-state index in [2.05, 4.69) is 4.98 Å². The third-order valence-corrected chi connectivity index (χ3v) is 4.78. The van der Waals surface area contributed by atoms with Crippen LogP contribution in [0.15, 0.2) is 21.7 Å². The molecule has 3 rings (SSSR count). The maximum atomic E-state index is 12.8. The molecule has 8 nitrogen and oxygen atoms in total. The van der Waals surface area contributed by atoms with Crippen molar-refractivity contribution in [3.8, 4) is 0 Å². The molecule has 2 unspecified atom stereocenters. The van der Waals surface area contributed by atoms with Crippen LogP contribution in [0.1, 0.15) is 23.8 Å². The first-order valence-corrected chi connectivity index (χ1v) is 7.93. The van der Waals surface area contributed by atoms with Gasteiger partial charge in [-0.25, -0.2) is 9.78 Å². The molecule has 0 radical (unpaired) electrons. The third kappa shape index (κ3) is 2.43. The van der Waals surface area contributed by atoms with Crippen LogP contribution in [-0.2, 0) is 14.1 Å². The minimum atomic E-state index is -0.470. The van der Waals surface area contributed by atoms with Gasteiger partial charge in [-0.1, -0.05) is 0 Å². The van der Waals surface area contributed by atoms with Crippen LogP contribution >= 0.6 is 0 Å². The molecule has 24 heavy (non-hydrogen) atoms. The van der Waals surface area contributed by atoms with Crippen LogP contribution in [-0.4, -0.2) is 44.1 Å². The van der Waals surface area contributed by atoms with Gasteiger partial charge in [0.15, 0.2) is 0 Å². The summed E-state index contributed by atoms with van der Waals surface area (Å²) in [5, 5.41) is 0.311. The zero-order valence-electron chi connectivity index (χ0n) is 14.0. The number of amides is 1. The molecule has 0 aromatic carbocycles. The highest BCUT2D eigenvalue weighted by molar-refractivity contribution is 5.94. The van der Waals surface area contributed by atoms with Gasteiger partial charge in [0, 0.05) is 26.7 Å². The maximum Gasteiger partial charge on any atom is 0.332 e. The third-order valence-electron chi connectivity index (χ3n) is 4.78. The first-order valence-electron chi connectivity index (χ1n) is 7.93. The van der Waals surface area contributed by atoms with Gasteiger partial charge in [-0.15, -0.1) is 0 Å². The SMILES string of the molecule is CC1CC(CN)CN1C(=O)c1ccc2c(=O)n(C)c(=O)n(C)c2n1. The summed E-state index contributed by atoms with van der Waals surface area (Å²) < 4.78 is 2.31. The summed E-state index contributed by atoms with van der Waals surface area (Å²) in [4.78, 5) is 43.0. The Kier molecular flexibility index (Phi) is 4.00. The molecule has 1 amide bonds. The van der Waals surface area contributed by atoms with Crippen molar-refractivity contribution in [2.75, 3.05) is 13.1 Å². The fourth-order valence-electron chi connectivity index (χ4n) is 3.32. The Morgan fingerprint density at radius 1 is 1.29 bits per heavy atom. The second kappa shape index (κ2) is 5.86. The fourth-order valence-corrected chi connectivity index (χ4v) is 3.32. The van der Waals surface area contributed by atoms with Crippen molar-refractivity contribution in [3.63, 3.8) is 0 Å². The normalized spacial score (nSPS) is 20.8. The lowest BCUT2D eigenvalue weighted by molar-refractivity contribution is 0.0738. The number of fused-ring (bicyclic) bond motifs is 1. The lowest BCUT2D eigenvalue weighted by Gasteiger charge is -2.21. The van der Waals surface area contributed by atoms with Gasteiger partial charge in [0.05, 0.1) is 5.39 Å². The molecule has 0 spiro atoms. The van der Waals surface area contributed by atoms with E-state index in [1.54, 1.807) is 17.0 Å². The molecule has 1 fully saturated rings. The van der Waals surface area contributed by atoms with Crippen molar-refractivity contribution in [1.82, 2.24) is 19.0 Å². The van der Waals surface area contributed by atoms with Crippen molar-refractivity contribution in [3.05, 3.63) is 38.7 Å². The van der Waals surface area contributed by atoms with Crippen LogP contribution in [0.5, 0.6) is 0 Å². The standard InChI is InChI=1S/C16H21N5O3/c1-9-6-10(7-17)8-21(9)15(23)12-5-4-11-13(18-12)19(2)16(24)20(3)14(11)22/h4-5,9-10H,6-8,17H2,1-3H3. The fraction of sp³-hybridized carbons (Fsp3) is 0.500. The molecule has 0 aliphatic carbocycles. The summed E-state index contributed by atoms with van der Waals surface area (Å²) in [6.07, 6.45) is 0.870. The molecule has 2 atom stereocenters. The minimum Gasteiger partial charge on any atom is -0.334 e. The quantitative estimate of drug-likeness (QED) is 0.795. The molecular weight excluding hydrogens is 310 g/mol. The van der Waals surface area contributed by atoms with Gasteiger partial charge in [-0.3, -0.25) is 18.7 Å². The number of carbonyl (C=O) groups excluding carboxylic acids is 1. The topological polar surface area (TPSA) is 103 Å². The average Bonchev–Trinajstić information content (AvgIpc) is 2.97. The van der Waals surface area contributed by atoms with Crippen molar-refractivity contribution in [1.29, 1.82) is 0 Å². The summed E-state index contributed by atoms with van der Waals surface area (Å²) in [6.45, 7) is 3.13. The number of likely N-dealkylation sites (tertiary alicyclic amines) is 1. The number of nitrogens with two attached hydrogens (primary N) is 1. The first-order chi connectivity index (χ1) is 11.3. The van der Waals surface area contributed by atoms with Crippen molar-refractivity contribution >= 4 is 16.9 Å². The van der Waals surface area contributed by atoms with Gasteiger partial charge in [-0.2, -0.15) is 0 Å². The number of nitrogens with zero attached hydrogens (tertiary/aromatic N) is 4. The smallest absolute Gasteiger partial charge is 0.332 e. The van der Waals surface area contributed by atoms with Crippen LogP contribution < -0.4 is 17.0 Å². The van der Waals surface area contributed by atoms with Gasteiger partial charge >= 0.3 is 5.69 Å². The first kappa shape index (κ1) is 16.4. The van der Waals surface area contributed by atoms with E-state index < -0.39 is 11.2 Å². The van der Waals surface area contributed by atoms with Gasteiger partial charge in [-0.05, 0) is 37.9 Å². The Labute approximate surface area is 138 Å². The molecule has 8 heteroatoms. The molecule has 0 bridgehead atoms. The number of pyridine rings is 1. The van der Waals surface area contributed by atoms with Crippen LogP contribution in [0.2, 0.25) is 0 Å². The monoisotopic (exact) mass is 331 g/mol. The van der Waals surface area contributed by atoms with Crippen LogP contribution in [0, 0.1) is 5.92 Å². The van der Waals surface area contributed by atoms with Crippen molar-refractivity contribution < 1.29 is 4.79 Å². The van der Waals surface area contributed by atoms with Crippen LogP contribution in [0.3, 0.4) is 0 Å². The number of aromatic nitrogens is 3. The second-order valence-electron chi connectivity index (χ2n) is 6.42. The van der Waals surface area contributed by atoms with E-state index in [0.29, 0.717) is 24.4 Å². The molecular formula is C16H21N5O3. The molecule has 1 saturated heterocycles. The minimum absolute atomic E-state index is 0.0935. The Morgan fingerprint density at radius 3 is 2.62 bits per heavy atom. The second-order valence-corrected chi connectivity index (χ2v) is 6.42. The van der Waals surface area contributed by atoms with E-state index in [1.165, 1.54) is 18.7 Å². The van der Waals surface area contributed by atoms with Gasteiger partial charge in [0.1, 0.15) is 11.3 Å². The van der Waals surface area contributed by atoms with E-state index in [-0.39, 0.29) is 23.3 Å². The molecule has 128 valence electrons. The highest BCUT2D eigenvalue weighted by Crippen LogP contribution is 2.24. The number of hydrogen-bond acceptors (Lipinski definition) is 5. The highest BCUT2D eigenvalue weighted by Gasteiger charge is 2.32. The Bertz CT molecular complexity index is 930. The van der Waals surface area contributed by atoms with Crippen molar-refractivity contribution in [2.45, 2.75) is 19.4 Å². The number of hydrogen-bond donors (Lipinski definition) is 1. The molecule has 1 aliphatic rings. The average molecular weight is 331 g/mol. The Hall–Kier alpha value is -2.48. The summed E-state index contributed by atoms with van der Waals surface area (Å²) in [5.41, 5.74) is 5.27. The Morgan fingerprint density at radius 2 is 2.00 bits per heavy atom. The number of carbonyl (C=O) groups is 1. The summed E-state index contributed by atoms with van der Waals surface area (Å²) in [5.74, 6) is 0.0922. The largest absolute Gasteiger partial charge is 0.334 e. The highest BCUT2D eigenvalue weighted by atomic mass is 16.2. The predicted molar refractivity (Wildman–Crippen MR) is 89.9 cm³/mol. The Balaban J connectivity index is 2.07. The van der Waals surface area contributed by atoms with E-state index in [0.717, 1.165) is 11.0 Å². The molecule has 0 saturated carbocycles. The van der Waals surface area contributed by atoms with Gasteiger partial charge < -0.3 is 10.6 Å². The van der Waals surface area contributed by atoms with E-state index >= 15 is 0 Å². The lowest BCUT2D eigenvalue weighted by Crippen LogP contribution is -2.38. The number of rotatable bonds is 2. The van der Waals surface area contributed by atoms with Crippen LogP contribution in [0.25, 0.3) is 11.0 Å². The van der Waals surface area contributed by atoms with Crippen LogP contribution in [0.4, 0.5) is 0 Å². The van der Waals surface area contributed by atoms with E-state index in [4.69, 9.17) is 5.73 Å². The maximum absolute atomic E-state index is 12.8. The molecule has 2 aromatic rings. The molecule has 1 aliphatic heterocycles. The summed E-state index contributed by atoms with van der Waals surface area (Å²) in [6, 6.07) is 3.19. The number of aryl methyl sites for hydroxylation is 1. The summed E-state index contributed by atoms with van der Waals surface area (Å²) in [7, 11) is 2.95. The zero-order valence-corrected chi connectivity index (χ0v) is 14.0. The molecule has 3 heterocycles. The summed E-state index contributed by atoms with van der Waals surface area (Å²) >= 11 is 0. The van der Waals surface area contributed by atoms with Gasteiger partial charge in [0.25, 0.3) is 11.5 Å². The van der Waals surface area contributed by atoms with E-state index in [9.17, 15) is 14.4 Å². The van der Waals surface area contributed by atoms with E-state index in [1.807, 2.05) is 6.92 Å². The lowest BCUT2D eigenvalue weighted by atomic mass is 10.1.